The Labute approximate surface area is 123 Å². The summed E-state index contributed by atoms with van der Waals surface area (Å²) in [6.07, 6.45) is 3.56. The zero-order valence-electron chi connectivity index (χ0n) is 12.2. The van der Waals surface area contributed by atoms with Gasteiger partial charge in [0, 0.05) is 24.2 Å². The largest absolute Gasteiger partial charge is 0.330 e. The highest BCUT2D eigenvalue weighted by Gasteiger charge is 2.14. The lowest BCUT2D eigenvalue weighted by Gasteiger charge is -2.17. The second-order valence-corrected chi connectivity index (χ2v) is 5.79. The Morgan fingerprint density at radius 3 is 2.60 bits per heavy atom. The quantitative estimate of drug-likeness (QED) is 0.815. The third-order valence-corrected chi connectivity index (χ3v) is 3.34. The Hall–Kier alpha value is -1.62. The summed E-state index contributed by atoms with van der Waals surface area (Å²) in [5, 5.41) is 0.243. The van der Waals surface area contributed by atoms with Crippen LogP contribution in [0.4, 0.5) is 0 Å². The van der Waals surface area contributed by atoms with E-state index in [9.17, 15) is 4.79 Å². The zero-order valence-corrected chi connectivity index (χ0v) is 12.9. The number of nitrogens with zero attached hydrogens (tertiary/aromatic N) is 4. The maximum absolute atomic E-state index is 12.2. The van der Waals surface area contributed by atoms with Crippen molar-refractivity contribution in [2.45, 2.75) is 46.2 Å². The van der Waals surface area contributed by atoms with Crippen LogP contribution in [0, 0.1) is 0 Å². The average Bonchev–Trinajstić information content (AvgIpc) is 2.80. The molecule has 0 radical (unpaired) electrons. The van der Waals surface area contributed by atoms with Gasteiger partial charge in [-0.2, -0.15) is 0 Å². The van der Waals surface area contributed by atoms with E-state index in [0.717, 1.165) is 5.69 Å². The molecule has 2 heterocycles. The van der Waals surface area contributed by atoms with E-state index >= 15 is 0 Å². The van der Waals surface area contributed by atoms with Crippen LogP contribution in [0.2, 0.25) is 5.15 Å². The molecule has 0 saturated heterocycles. The molecule has 0 bridgehead atoms. The molecule has 0 saturated carbocycles. The Bertz CT molecular complexity index is 657. The highest BCUT2D eigenvalue weighted by atomic mass is 35.5. The lowest BCUT2D eigenvalue weighted by Crippen LogP contribution is -2.27. The molecular weight excluding hydrogens is 276 g/mol. The number of hydrogen-bond donors (Lipinski definition) is 0. The Kier molecular flexibility index (Phi) is 4.28. The van der Waals surface area contributed by atoms with Crippen molar-refractivity contribution in [2.75, 3.05) is 0 Å². The Morgan fingerprint density at radius 2 is 2.00 bits per heavy atom. The normalized spacial score (nSPS) is 11.6. The van der Waals surface area contributed by atoms with Crippen LogP contribution in [-0.2, 0) is 6.54 Å². The van der Waals surface area contributed by atoms with Crippen LogP contribution >= 0.6 is 11.6 Å². The predicted octanol–water partition coefficient (Wildman–Crippen LogP) is 2.85. The number of halogens is 1. The summed E-state index contributed by atoms with van der Waals surface area (Å²) in [4.78, 5) is 20.6. The number of rotatable bonds is 4. The van der Waals surface area contributed by atoms with Gasteiger partial charge in [0.15, 0.2) is 0 Å². The van der Waals surface area contributed by atoms with Gasteiger partial charge in [-0.25, -0.2) is 9.97 Å². The van der Waals surface area contributed by atoms with Gasteiger partial charge in [-0.05, 0) is 13.8 Å². The minimum Gasteiger partial charge on any atom is -0.330 e. The second-order valence-electron chi connectivity index (χ2n) is 5.40. The summed E-state index contributed by atoms with van der Waals surface area (Å²) in [6, 6.07) is 1.65. The van der Waals surface area contributed by atoms with Crippen LogP contribution in [0.1, 0.15) is 51.2 Å². The van der Waals surface area contributed by atoms with Gasteiger partial charge in [-0.1, -0.05) is 25.4 Å². The summed E-state index contributed by atoms with van der Waals surface area (Å²) in [7, 11) is 0. The molecule has 2 rings (SSSR count). The second kappa shape index (κ2) is 5.79. The first-order chi connectivity index (χ1) is 9.40. The van der Waals surface area contributed by atoms with E-state index in [-0.39, 0.29) is 16.6 Å². The van der Waals surface area contributed by atoms with Gasteiger partial charge in [0.05, 0.1) is 18.6 Å². The summed E-state index contributed by atoms with van der Waals surface area (Å²) < 4.78 is 3.71. The van der Waals surface area contributed by atoms with Gasteiger partial charge in [0.25, 0.3) is 5.56 Å². The fourth-order valence-electron chi connectivity index (χ4n) is 2.18. The number of aromatic nitrogens is 4. The van der Waals surface area contributed by atoms with E-state index in [4.69, 9.17) is 11.6 Å². The highest BCUT2D eigenvalue weighted by molar-refractivity contribution is 6.29. The molecule has 0 spiro atoms. The van der Waals surface area contributed by atoms with Gasteiger partial charge in [-0.15, -0.1) is 0 Å². The number of hydrogen-bond acceptors (Lipinski definition) is 3. The molecule has 0 aliphatic heterocycles. The molecule has 0 aliphatic carbocycles. The zero-order chi connectivity index (χ0) is 14.9. The minimum atomic E-state index is -0.134. The summed E-state index contributed by atoms with van der Waals surface area (Å²) >= 11 is 5.89. The first-order valence-corrected chi connectivity index (χ1v) is 7.06. The molecule has 0 aliphatic rings. The van der Waals surface area contributed by atoms with Crippen LogP contribution in [0.15, 0.2) is 23.4 Å². The van der Waals surface area contributed by atoms with Crippen molar-refractivity contribution in [1.29, 1.82) is 0 Å². The average molecular weight is 295 g/mol. The van der Waals surface area contributed by atoms with Crippen LogP contribution in [-0.4, -0.2) is 19.1 Å². The molecule has 0 unspecified atom stereocenters. The van der Waals surface area contributed by atoms with Gasteiger partial charge in [0.1, 0.15) is 11.0 Å². The van der Waals surface area contributed by atoms with Crippen molar-refractivity contribution in [2.24, 2.45) is 0 Å². The third-order valence-electron chi connectivity index (χ3n) is 3.15. The lowest BCUT2D eigenvalue weighted by molar-refractivity contribution is 0.541. The van der Waals surface area contributed by atoms with Crippen LogP contribution in [0.5, 0.6) is 0 Å². The maximum atomic E-state index is 12.2. The lowest BCUT2D eigenvalue weighted by atomic mass is 10.2. The van der Waals surface area contributed by atoms with Gasteiger partial charge in [-0.3, -0.25) is 9.36 Å². The van der Waals surface area contributed by atoms with Crippen LogP contribution in [0.3, 0.4) is 0 Å². The highest BCUT2D eigenvalue weighted by Crippen LogP contribution is 2.15. The molecule has 20 heavy (non-hydrogen) atoms. The van der Waals surface area contributed by atoms with Crippen molar-refractivity contribution >= 4 is 11.6 Å². The fourth-order valence-corrected chi connectivity index (χ4v) is 2.36. The molecule has 0 atom stereocenters. The van der Waals surface area contributed by atoms with E-state index in [1.54, 1.807) is 17.1 Å². The van der Waals surface area contributed by atoms with E-state index in [2.05, 4.69) is 23.8 Å². The van der Waals surface area contributed by atoms with Gasteiger partial charge in [0.2, 0.25) is 0 Å². The van der Waals surface area contributed by atoms with Crippen molar-refractivity contribution in [3.8, 4) is 0 Å². The Morgan fingerprint density at radius 1 is 1.30 bits per heavy atom. The van der Waals surface area contributed by atoms with Crippen LogP contribution < -0.4 is 5.56 Å². The molecule has 6 heteroatoms. The molecule has 5 nitrogen and oxygen atoms in total. The van der Waals surface area contributed by atoms with E-state index < -0.39 is 0 Å². The maximum Gasteiger partial charge on any atom is 0.255 e. The summed E-state index contributed by atoms with van der Waals surface area (Å²) in [5.74, 6) is 0.816. The molecule has 2 aromatic rings. The van der Waals surface area contributed by atoms with Crippen molar-refractivity contribution in [3.63, 3.8) is 0 Å². The van der Waals surface area contributed by atoms with E-state index in [1.807, 2.05) is 18.4 Å². The number of imidazole rings is 1. The molecule has 0 aromatic carbocycles. The topological polar surface area (TPSA) is 52.7 Å². The Balaban J connectivity index is 2.48. The molecule has 0 N–H and O–H groups in total. The van der Waals surface area contributed by atoms with Crippen molar-refractivity contribution in [3.05, 3.63) is 45.6 Å². The predicted molar refractivity (Wildman–Crippen MR) is 79.3 cm³/mol. The standard InChI is InChI=1S/C14H19ClN4O/c1-9(2)14-17-12(15)5-13(20)18(14)7-11-6-16-8-19(11)10(3)4/h5-6,8-10H,7H2,1-4H3. The monoisotopic (exact) mass is 294 g/mol. The molecule has 0 fully saturated rings. The van der Waals surface area contributed by atoms with Gasteiger partial charge < -0.3 is 4.57 Å². The summed E-state index contributed by atoms with van der Waals surface area (Å²) in [5.41, 5.74) is 0.846. The smallest absolute Gasteiger partial charge is 0.255 e. The third kappa shape index (κ3) is 2.93. The molecule has 2 aromatic heterocycles. The van der Waals surface area contributed by atoms with Crippen molar-refractivity contribution < 1.29 is 0 Å². The van der Waals surface area contributed by atoms with Gasteiger partial charge >= 0.3 is 0 Å². The minimum absolute atomic E-state index is 0.122. The van der Waals surface area contributed by atoms with Crippen molar-refractivity contribution in [1.82, 2.24) is 19.1 Å². The molecule has 108 valence electrons. The molecular formula is C14H19ClN4O. The van der Waals surface area contributed by atoms with E-state index in [1.165, 1.54) is 6.07 Å². The summed E-state index contributed by atoms with van der Waals surface area (Å²) in [6.45, 7) is 8.60. The SMILES string of the molecule is CC(C)c1nc(Cl)cc(=O)n1Cc1cncn1C(C)C. The fraction of sp³-hybridized carbons (Fsp3) is 0.500. The van der Waals surface area contributed by atoms with Crippen LogP contribution in [0.25, 0.3) is 0 Å². The first kappa shape index (κ1) is 14.8. The van der Waals surface area contributed by atoms with E-state index in [0.29, 0.717) is 18.4 Å². The molecule has 0 amide bonds. The first-order valence-electron chi connectivity index (χ1n) is 6.68.